The summed E-state index contributed by atoms with van der Waals surface area (Å²) in [5, 5.41) is 18.7. The van der Waals surface area contributed by atoms with Crippen molar-refractivity contribution in [3.8, 4) is 0 Å². The summed E-state index contributed by atoms with van der Waals surface area (Å²) < 4.78 is 7.46. The SMILES string of the molecule is CCc1nncn1CCNC(=NC)NCc1cc(C(CC)CC)no1.I. The second kappa shape index (κ2) is 11.9. The highest BCUT2D eigenvalue weighted by Gasteiger charge is 2.13. The predicted octanol–water partition coefficient (Wildman–Crippen LogP) is 2.72. The predicted molar refractivity (Wildman–Crippen MR) is 113 cm³/mol. The lowest BCUT2D eigenvalue weighted by Crippen LogP contribution is -2.38. The zero-order valence-corrected chi connectivity index (χ0v) is 18.4. The summed E-state index contributed by atoms with van der Waals surface area (Å²) in [5.41, 5.74) is 1.03. The molecule has 0 spiro atoms. The van der Waals surface area contributed by atoms with E-state index in [2.05, 4.69) is 51.8 Å². The van der Waals surface area contributed by atoms with Crippen molar-refractivity contribution in [1.82, 2.24) is 30.6 Å². The van der Waals surface area contributed by atoms with Gasteiger partial charge in [0, 0.05) is 38.5 Å². The quantitative estimate of drug-likeness (QED) is 0.329. The molecule has 0 bridgehead atoms. The molecule has 0 amide bonds. The van der Waals surface area contributed by atoms with E-state index < -0.39 is 0 Å². The standard InChI is InChI=1S/C17H29N7O.HI/c1-5-13(6-2)15-10-14(25-23-15)11-20-17(18-4)19-8-9-24-12-21-22-16(24)7-3;/h10,12-13H,5-9,11H2,1-4H3,(H2,18,19,20);1H. The molecule has 0 aliphatic rings. The van der Waals surface area contributed by atoms with Crippen LogP contribution in [0.1, 0.15) is 56.8 Å². The summed E-state index contributed by atoms with van der Waals surface area (Å²) in [7, 11) is 1.75. The van der Waals surface area contributed by atoms with Crippen LogP contribution in [0.15, 0.2) is 21.9 Å². The summed E-state index contributed by atoms with van der Waals surface area (Å²) in [6.45, 7) is 8.50. The zero-order valence-electron chi connectivity index (χ0n) is 16.0. The molecule has 0 aromatic carbocycles. The first-order chi connectivity index (χ1) is 12.2. The van der Waals surface area contributed by atoms with Gasteiger partial charge in [0.25, 0.3) is 0 Å². The van der Waals surface area contributed by atoms with Crippen LogP contribution in [0.25, 0.3) is 0 Å². The second-order valence-corrected chi connectivity index (χ2v) is 5.88. The van der Waals surface area contributed by atoms with E-state index in [1.54, 1.807) is 13.4 Å². The van der Waals surface area contributed by atoms with Gasteiger partial charge >= 0.3 is 0 Å². The van der Waals surface area contributed by atoms with Crippen molar-refractivity contribution in [2.75, 3.05) is 13.6 Å². The number of aliphatic imine (C=N–C) groups is 1. The molecule has 0 saturated heterocycles. The lowest BCUT2D eigenvalue weighted by molar-refractivity contribution is 0.368. The number of guanidine groups is 1. The molecular formula is C17H30IN7O. The first-order valence-electron chi connectivity index (χ1n) is 8.98. The minimum atomic E-state index is 0. The Morgan fingerprint density at radius 3 is 2.69 bits per heavy atom. The fourth-order valence-corrected chi connectivity index (χ4v) is 2.74. The van der Waals surface area contributed by atoms with E-state index in [0.29, 0.717) is 12.5 Å². The number of halogens is 1. The highest BCUT2D eigenvalue weighted by Crippen LogP contribution is 2.22. The van der Waals surface area contributed by atoms with Crippen molar-refractivity contribution in [3.63, 3.8) is 0 Å². The van der Waals surface area contributed by atoms with Crippen molar-refractivity contribution < 1.29 is 4.52 Å². The highest BCUT2D eigenvalue weighted by molar-refractivity contribution is 14.0. The van der Waals surface area contributed by atoms with E-state index in [-0.39, 0.29) is 24.0 Å². The van der Waals surface area contributed by atoms with Gasteiger partial charge in [-0.2, -0.15) is 0 Å². The summed E-state index contributed by atoms with van der Waals surface area (Å²) in [4.78, 5) is 4.23. The van der Waals surface area contributed by atoms with Crippen LogP contribution >= 0.6 is 24.0 Å². The molecule has 2 rings (SSSR count). The Bertz CT molecular complexity index is 664. The monoisotopic (exact) mass is 475 g/mol. The van der Waals surface area contributed by atoms with E-state index in [4.69, 9.17) is 4.52 Å². The van der Waals surface area contributed by atoms with E-state index in [1.807, 2.05) is 10.6 Å². The van der Waals surface area contributed by atoms with E-state index in [9.17, 15) is 0 Å². The Morgan fingerprint density at radius 1 is 1.27 bits per heavy atom. The third-order valence-corrected chi connectivity index (χ3v) is 4.29. The van der Waals surface area contributed by atoms with Crippen LogP contribution in [0.5, 0.6) is 0 Å². The molecule has 26 heavy (non-hydrogen) atoms. The van der Waals surface area contributed by atoms with Gasteiger partial charge in [0.15, 0.2) is 11.7 Å². The Kier molecular flexibility index (Phi) is 10.2. The largest absolute Gasteiger partial charge is 0.359 e. The van der Waals surface area contributed by atoms with Crippen LogP contribution < -0.4 is 10.6 Å². The number of nitrogens with zero attached hydrogens (tertiary/aromatic N) is 5. The Hall–Kier alpha value is -1.65. The molecule has 2 aromatic rings. The fourth-order valence-electron chi connectivity index (χ4n) is 2.74. The number of aromatic nitrogens is 4. The molecular weight excluding hydrogens is 445 g/mol. The molecule has 0 aliphatic heterocycles. The molecule has 0 aliphatic carbocycles. The van der Waals surface area contributed by atoms with Crippen molar-refractivity contribution in [2.24, 2.45) is 4.99 Å². The minimum Gasteiger partial charge on any atom is -0.359 e. The molecule has 9 heteroatoms. The van der Waals surface area contributed by atoms with E-state index in [1.165, 1.54) is 0 Å². The average molecular weight is 475 g/mol. The lowest BCUT2D eigenvalue weighted by Gasteiger charge is -2.11. The van der Waals surface area contributed by atoms with Crippen LogP contribution in [0.2, 0.25) is 0 Å². The molecule has 0 atom stereocenters. The number of nitrogens with one attached hydrogen (secondary N) is 2. The maximum atomic E-state index is 5.42. The first-order valence-corrected chi connectivity index (χ1v) is 8.98. The maximum Gasteiger partial charge on any atom is 0.191 e. The van der Waals surface area contributed by atoms with Gasteiger partial charge in [-0.3, -0.25) is 4.99 Å². The van der Waals surface area contributed by atoms with Crippen molar-refractivity contribution in [3.05, 3.63) is 29.7 Å². The smallest absolute Gasteiger partial charge is 0.191 e. The Balaban J connectivity index is 0.00000338. The van der Waals surface area contributed by atoms with Gasteiger partial charge in [-0.15, -0.1) is 34.2 Å². The molecule has 0 fully saturated rings. The van der Waals surface area contributed by atoms with Gasteiger partial charge in [-0.1, -0.05) is 25.9 Å². The zero-order chi connectivity index (χ0) is 18.1. The summed E-state index contributed by atoms with van der Waals surface area (Å²) in [6, 6.07) is 2.03. The Morgan fingerprint density at radius 2 is 2.04 bits per heavy atom. The fraction of sp³-hybridized carbons (Fsp3) is 0.647. The second-order valence-electron chi connectivity index (χ2n) is 5.88. The summed E-state index contributed by atoms with van der Waals surface area (Å²) in [5.74, 6) is 3.00. The number of rotatable bonds is 9. The maximum absolute atomic E-state index is 5.42. The number of aryl methyl sites for hydroxylation is 1. The molecule has 0 saturated carbocycles. The molecule has 146 valence electrons. The normalized spacial score (nSPS) is 11.5. The van der Waals surface area contributed by atoms with Crippen LogP contribution in [0, 0.1) is 0 Å². The highest BCUT2D eigenvalue weighted by atomic mass is 127. The van der Waals surface area contributed by atoms with E-state index in [0.717, 1.165) is 55.6 Å². The Labute approximate surface area is 172 Å². The van der Waals surface area contributed by atoms with Gasteiger partial charge < -0.3 is 19.7 Å². The van der Waals surface area contributed by atoms with Gasteiger partial charge in [-0.05, 0) is 12.8 Å². The molecule has 2 N–H and O–H groups in total. The van der Waals surface area contributed by atoms with Crippen LogP contribution in [0.3, 0.4) is 0 Å². The summed E-state index contributed by atoms with van der Waals surface area (Å²) in [6.07, 6.45) is 4.77. The van der Waals surface area contributed by atoms with Crippen molar-refractivity contribution in [1.29, 1.82) is 0 Å². The van der Waals surface area contributed by atoms with Crippen LogP contribution in [-0.4, -0.2) is 39.5 Å². The van der Waals surface area contributed by atoms with Crippen molar-refractivity contribution in [2.45, 2.75) is 59.0 Å². The minimum absolute atomic E-state index is 0. The number of hydrogen-bond donors (Lipinski definition) is 2. The lowest BCUT2D eigenvalue weighted by atomic mass is 9.99. The molecule has 0 radical (unpaired) electrons. The topological polar surface area (TPSA) is 93.2 Å². The molecule has 0 unspecified atom stereocenters. The third-order valence-electron chi connectivity index (χ3n) is 4.29. The van der Waals surface area contributed by atoms with E-state index >= 15 is 0 Å². The van der Waals surface area contributed by atoms with Gasteiger partial charge in [0.1, 0.15) is 12.2 Å². The first kappa shape index (κ1) is 22.4. The van der Waals surface area contributed by atoms with Crippen LogP contribution in [-0.2, 0) is 19.5 Å². The third kappa shape index (κ3) is 6.26. The van der Waals surface area contributed by atoms with Crippen molar-refractivity contribution >= 4 is 29.9 Å². The molecule has 8 nitrogen and oxygen atoms in total. The van der Waals surface area contributed by atoms with Gasteiger partial charge in [-0.25, -0.2) is 0 Å². The van der Waals surface area contributed by atoms with Gasteiger partial charge in [0.05, 0.1) is 12.2 Å². The van der Waals surface area contributed by atoms with Crippen LogP contribution in [0.4, 0.5) is 0 Å². The summed E-state index contributed by atoms with van der Waals surface area (Å²) >= 11 is 0. The van der Waals surface area contributed by atoms with Gasteiger partial charge in [0.2, 0.25) is 0 Å². The number of hydrogen-bond acceptors (Lipinski definition) is 5. The molecule has 2 aromatic heterocycles. The molecule has 2 heterocycles. The average Bonchev–Trinajstić information content (AvgIpc) is 3.28.